The number of carbonyl (C=O) groups is 2. The quantitative estimate of drug-likeness (QED) is 0.833. The third kappa shape index (κ3) is 2.96. The van der Waals surface area contributed by atoms with Crippen LogP contribution in [0.25, 0.3) is 0 Å². The summed E-state index contributed by atoms with van der Waals surface area (Å²) in [6, 6.07) is 7.09. The van der Waals surface area contributed by atoms with E-state index in [0.29, 0.717) is 24.5 Å². The van der Waals surface area contributed by atoms with E-state index in [1.165, 1.54) is 6.92 Å². The molecule has 0 saturated carbocycles. The van der Waals surface area contributed by atoms with E-state index in [2.05, 4.69) is 5.32 Å². The summed E-state index contributed by atoms with van der Waals surface area (Å²) in [5, 5.41) is 2.85. The van der Waals surface area contributed by atoms with E-state index in [1.54, 1.807) is 18.2 Å². The second kappa shape index (κ2) is 5.78. The summed E-state index contributed by atoms with van der Waals surface area (Å²) >= 11 is 0. The fourth-order valence-corrected chi connectivity index (χ4v) is 2.09. The number of para-hydroxylation sites is 1. The van der Waals surface area contributed by atoms with Gasteiger partial charge in [0.15, 0.2) is 5.78 Å². The Balaban J connectivity index is 2.08. The van der Waals surface area contributed by atoms with Gasteiger partial charge in [0.2, 0.25) is 5.91 Å². The predicted octanol–water partition coefficient (Wildman–Crippen LogP) is 2.25. The van der Waals surface area contributed by atoms with Crippen LogP contribution >= 0.6 is 0 Å². The van der Waals surface area contributed by atoms with Gasteiger partial charge in [0, 0.05) is 24.7 Å². The molecule has 1 fully saturated rings. The standard InChI is InChI=1S/C14H17NO3/c1-10(16)12-4-2-3-5-13(12)15-14(17)11-6-8-18-9-7-11/h2-5,11H,6-9H2,1H3,(H,15,17). The van der Waals surface area contributed by atoms with E-state index in [1.807, 2.05) is 6.07 Å². The number of nitrogens with one attached hydrogen (secondary N) is 1. The van der Waals surface area contributed by atoms with E-state index in [-0.39, 0.29) is 17.6 Å². The van der Waals surface area contributed by atoms with Crippen molar-refractivity contribution in [2.24, 2.45) is 5.92 Å². The molecule has 96 valence electrons. The molecule has 1 aromatic carbocycles. The van der Waals surface area contributed by atoms with Crippen LogP contribution in [0.2, 0.25) is 0 Å². The first-order valence-corrected chi connectivity index (χ1v) is 6.17. The van der Waals surface area contributed by atoms with Gasteiger partial charge in [-0.15, -0.1) is 0 Å². The summed E-state index contributed by atoms with van der Waals surface area (Å²) in [6.45, 7) is 2.76. The molecule has 1 N–H and O–H groups in total. The summed E-state index contributed by atoms with van der Waals surface area (Å²) < 4.78 is 5.23. The Labute approximate surface area is 106 Å². The highest BCUT2D eigenvalue weighted by molar-refractivity contribution is 6.04. The predicted molar refractivity (Wildman–Crippen MR) is 68.6 cm³/mol. The first kappa shape index (κ1) is 12.8. The van der Waals surface area contributed by atoms with Gasteiger partial charge in [-0.3, -0.25) is 9.59 Å². The van der Waals surface area contributed by atoms with Crippen molar-refractivity contribution in [1.29, 1.82) is 0 Å². The van der Waals surface area contributed by atoms with Crippen LogP contribution in [0.5, 0.6) is 0 Å². The number of amides is 1. The monoisotopic (exact) mass is 247 g/mol. The average Bonchev–Trinajstić information content (AvgIpc) is 2.40. The van der Waals surface area contributed by atoms with Gasteiger partial charge in [0.25, 0.3) is 0 Å². The maximum atomic E-state index is 12.1. The minimum atomic E-state index is -0.0436. The normalized spacial score (nSPS) is 16.3. The van der Waals surface area contributed by atoms with Gasteiger partial charge < -0.3 is 10.1 Å². The number of Topliss-reactive ketones (excluding diaryl/α,β-unsaturated/α-hetero) is 1. The lowest BCUT2D eigenvalue weighted by molar-refractivity contribution is -0.122. The zero-order valence-electron chi connectivity index (χ0n) is 10.4. The Morgan fingerprint density at radius 1 is 1.22 bits per heavy atom. The van der Waals surface area contributed by atoms with Crippen molar-refractivity contribution in [3.05, 3.63) is 29.8 Å². The van der Waals surface area contributed by atoms with Crippen molar-refractivity contribution in [1.82, 2.24) is 0 Å². The Bertz CT molecular complexity index is 450. The van der Waals surface area contributed by atoms with Gasteiger partial charge in [0.1, 0.15) is 0 Å². The molecule has 2 rings (SSSR count). The molecule has 1 saturated heterocycles. The minimum absolute atomic E-state index is 0.0150. The summed E-state index contributed by atoms with van der Waals surface area (Å²) in [6.07, 6.45) is 1.49. The highest BCUT2D eigenvalue weighted by Gasteiger charge is 2.22. The topological polar surface area (TPSA) is 55.4 Å². The molecule has 0 radical (unpaired) electrons. The number of benzene rings is 1. The average molecular weight is 247 g/mol. The first-order chi connectivity index (χ1) is 8.68. The first-order valence-electron chi connectivity index (χ1n) is 6.17. The van der Waals surface area contributed by atoms with Crippen LogP contribution in [-0.4, -0.2) is 24.9 Å². The molecule has 0 atom stereocenters. The number of ether oxygens (including phenoxy) is 1. The van der Waals surface area contributed by atoms with E-state index < -0.39 is 0 Å². The largest absolute Gasteiger partial charge is 0.381 e. The molecule has 0 bridgehead atoms. The lowest BCUT2D eigenvalue weighted by Gasteiger charge is -2.21. The molecule has 0 unspecified atom stereocenters. The van der Waals surface area contributed by atoms with Crippen LogP contribution < -0.4 is 5.32 Å². The number of carbonyl (C=O) groups excluding carboxylic acids is 2. The number of hydrogen-bond donors (Lipinski definition) is 1. The Morgan fingerprint density at radius 3 is 2.56 bits per heavy atom. The number of rotatable bonds is 3. The smallest absolute Gasteiger partial charge is 0.227 e. The Hall–Kier alpha value is -1.68. The van der Waals surface area contributed by atoms with Crippen molar-refractivity contribution >= 4 is 17.4 Å². The van der Waals surface area contributed by atoms with Crippen LogP contribution in [0.3, 0.4) is 0 Å². The van der Waals surface area contributed by atoms with Gasteiger partial charge in [-0.1, -0.05) is 12.1 Å². The highest BCUT2D eigenvalue weighted by atomic mass is 16.5. The molecule has 1 aliphatic rings. The summed E-state index contributed by atoms with van der Waals surface area (Å²) in [5.74, 6) is -0.0800. The van der Waals surface area contributed by atoms with Crippen molar-refractivity contribution in [2.75, 3.05) is 18.5 Å². The van der Waals surface area contributed by atoms with Crippen molar-refractivity contribution in [3.8, 4) is 0 Å². The lowest BCUT2D eigenvalue weighted by atomic mass is 9.99. The van der Waals surface area contributed by atoms with Gasteiger partial charge in [0.05, 0.1) is 5.69 Å². The van der Waals surface area contributed by atoms with Crippen LogP contribution in [0, 0.1) is 5.92 Å². The maximum absolute atomic E-state index is 12.1. The molecule has 1 aliphatic heterocycles. The third-order valence-electron chi connectivity index (χ3n) is 3.16. The zero-order valence-corrected chi connectivity index (χ0v) is 10.4. The number of hydrogen-bond acceptors (Lipinski definition) is 3. The zero-order chi connectivity index (χ0) is 13.0. The summed E-state index contributed by atoms with van der Waals surface area (Å²) in [5.41, 5.74) is 1.15. The van der Waals surface area contributed by atoms with Gasteiger partial charge in [-0.25, -0.2) is 0 Å². The number of ketones is 1. The highest BCUT2D eigenvalue weighted by Crippen LogP contribution is 2.20. The van der Waals surface area contributed by atoms with E-state index in [9.17, 15) is 9.59 Å². The lowest BCUT2D eigenvalue weighted by Crippen LogP contribution is -2.29. The molecule has 1 aromatic rings. The second-order valence-corrected chi connectivity index (χ2v) is 4.48. The molecular weight excluding hydrogens is 230 g/mol. The van der Waals surface area contributed by atoms with E-state index in [4.69, 9.17) is 4.74 Å². The molecule has 4 heteroatoms. The maximum Gasteiger partial charge on any atom is 0.227 e. The van der Waals surface area contributed by atoms with E-state index in [0.717, 1.165) is 12.8 Å². The van der Waals surface area contributed by atoms with Crippen LogP contribution in [0.1, 0.15) is 30.1 Å². The van der Waals surface area contributed by atoms with Gasteiger partial charge in [-0.2, -0.15) is 0 Å². The minimum Gasteiger partial charge on any atom is -0.381 e. The molecule has 4 nitrogen and oxygen atoms in total. The van der Waals surface area contributed by atoms with Crippen LogP contribution in [0.4, 0.5) is 5.69 Å². The van der Waals surface area contributed by atoms with Crippen molar-refractivity contribution in [3.63, 3.8) is 0 Å². The number of anilines is 1. The fraction of sp³-hybridized carbons (Fsp3) is 0.429. The Morgan fingerprint density at radius 2 is 1.89 bits per heavy atom. The summed E-state index contributed by atoms with van der Waals surface area (Å²) in [4.78, 5) is 23.5. The SMILES string of the molecule is CC(=O)c1ccccc1NC(=O)C1CCOCC1. The molecular formula is C14H17NO3. The molecule has 18 heavy (non-hydrogen) atoms. The van der Waals surface area contributed by atoms with E-state index >= 15 is 0 Å². The summed E-state index contributed by atoms with van der Waals surface area (Å²) in [7, 11) is 0. The molecule has 0 aromatic heterocycles. The Kier molecular flexibility index (Phi) is 4.10. The van der Waals surface area contributed by atoms with Crippen molar-refractivity contribution in [2.45, 2.75) is 19.8 Å². The molecule has 1 amide bonds. The second-order valence-electron chi connectivity index (χ2n) is 4.48. The van der Waals surface area contributed by atoms with Gasteiger partial charge >= 0.3 is 0 Å². The van der Waals surface area contributed by atoms with Crippen molar-refractivity contribution < 1.29 is 14.3 Å². The molecule has 0 aliphatic carbocycles. The van der Waals surface area contributed by atoms with Gasteiger partial charge in [-0.05, 0) is 31.9 Å². The molecule has 0 spiro atoms. The third-order valence-corrected chi connectivity index (χ3v) is 3.16. The molecule has 1 heterocycles. The van der Waals surface area contributed by atoms with Crippen LogP contribution in [0.15, 0.2) is 24.3 Å². The fourth-order valence-electron chi connectivity index (χ4n) is 2.09. The van der Waals surface area contributed by atoms with Crippen LogP contribution in [-0.2, 0) is 9.53 Å².